The van der Waals surface area contributed by atoms with Crippen molar-refractivity contribution in [2.75, 3.05) is 5.73 Å². The van der Waals surface area contributed by atoms with Crippen LogP contribution in [0.2, 0.25) is 0 Å². The average molecular weight is 231 g/mol. The fourth-order valence-electron chi connectivity index (χ4n) is 1.63. The van der Waals surface area contributed by atoms with Crippen LogP contribution in [-0.4, -0.2) is 15.3 Å². The maximum atomic E-state index is 9.37. The lowest BCUT2D eigenvalue weighted by Gasteiger charge is -2.06. The van der Waals surface area contributed by atoms with Crippen LogP contribution in [0.3, 0.4) is 0 Å². The molecule has 0 fully saturated rings. The molecule has 2 aromatic carbocycles. The zero-order valence-corrected chi connectivity index (χ0v) is 9.09. The Hall–Kier alpha value is -2.36. The molecule has 88 valence electrons. The van der Waals surface area contributed by atoms with E-state index in [1.54, 1.807) is 12.1 Å². The molecule has 0 saturated carbocycles. The van der Waals surface area contributed by atoms with Gasteiger partial charge in [-0.25, -0.2) is 0 Å². The van der Waals surface area contributed by atoms with Crippen molar-refractivity contribution >= 4 is 5.69 Å². The summed E-state index contributed by atoms with van der Waals surface area (Å²) < 4.78 is 0. The van der Waals surface area contributed by atoms with Crippen LogP contribution in [0.5, 0.6) is 17.2 Å². The van der Waals surface area contributed by atoms with E-state index in [1.807, 2.05) is 12.1 Å². The van der Waals surface area contributed by atoms with Gasteiger partial charge in [0.05, 0.1) is 0 Å². The van der Waals surface area contributed by atoms with E-state index in [2.05, 4.69) is 0 Å². The zero-order chi connectivity index (χ0) is 12.4. The van der Waals surface area contributed by atoms with Crippen molar-refractivity contribution in [3.05, 3.63) is 47.5 Å². The first kappa shape index (κ1) is 11.1. The van der Waals surface area contributed by atoms with Crippen LogP contribution in [0.15, 0.2) is 36.4 Å². The first-order valence-corrected chi connectivity index (χ1v) is 5.14. The summed E-state index contributed by atoms with van der Waals surface area (Å²) in [6, 6.07) is 10.2. The van der Waals surface area contributed by atoms with E-state index >= 15 is 0 Å². The van der Waals surface area contributed by atoms with Crippen LogP contribution in [0, 0.1) is 0 Å². The third-order valence-electron chi connectivity index (χ3n) is 2.52. The number of hydrogen-bond donors (Lipinski definition) is 4. The van der Waals surface area contributed by atoms with Crippen LogP contribution in [-0.2, 0) is 6.42 Å². The highest BCUT2D eigenvalue weighted by Gasteiger charge is 2.08. The number of aromatic hydroxyl groups is 3. The van der Waals surface area contributed by atoms with Gasteiger partial charge in [0.2, 0.25) is 0 Å². The normalized spacial score (nSPS) is 10.4. The number of hydrogen-bond acceptors (Lipinski definition) is 4. The van der Waals surface area contributed by atoms with E-state index in [9.17, 15) is 15.3 Å². The van der Waals surface area contributed by atoms with Crippen molar-refractivity contribution in [3.8, 4) is 17.2 Å². The number of phenols is 3. The lowest BCUT2D eigenvalue weighted by molar-refractivity contribution is 0.367. The second-order valence-electron chi connectivity index (χ2n) is 3.90. The van der Waals surface area contributed by atoms with Gasteiger partial charge in [0.1, 0.15) is 0 Å². The largest absolute Gasteiger partial charge is 0.504 e. The zero-order valence-electron chi connectivity index (χ0n) is 9.09. The van der Waals surface area contributed by atoms with Crippen molar-refractivity contribution in [2.24, 2.45) is 0 Å². The summed E-state index contributed by atoms with van der Waals surface area (Å²) in [6.07, 6.45) is 0.543. The first-order valence-electron chi connectivity index (χ1n) is 5.14. The highest BCUT2D eigenvalue weighted by atomic mass is 16.3. The molecule has 5 N–H and O–H groups in total. The molecular weight excluding hydrogens is 218 g/mol. The predicted octanol–water partition coefficient (Wildman–Crippen LogP) is 1.98. The molecule has 2 aromatic rings. The molecule has 0 bridgehead atoms. The fourth-order valence-corrected chi connectivity index (χ4v) is 1.63. The van der Waals surface area contributed by atoms with Crippen molar-refractivity contribution in [2.45, 2.75) is 6.42 Å². The molecule has 0 aliphatic rings. The summed E-state index contributed by atoms with van der Waals surface area (Å²) in [7, 11) is 0. The van der Waals surface area contributed by atoms with E-state index in [-0.39, 0.29) is 11.5 Å². The Morgan fingerprint density at radius 3 is 1.88 bits per heavy atom. The summed E-state index contributed by atoms with van der Waals surface area (Å²) in [5.41, 5.74) is 7.97. The Bertz CT molecular complexity index is 512. The van der Waals surface area contributed by atoms with Gasteiger partial charge in [0, 0.05) is 5.69 Å². The number of nitrogen functional groups attached to an aromatic ring is 1. The minimum atomic E-state index is -0.494. The third-order valence-corrected chi connectivity index (χ3v) is 2.52. The highest BCUT2D eigenvalue weighted by Crippen LogP contribution is 2.35. The molecule has 0 amide bonds. The van der Waals surface area contributed by atoms with Crippen molar-refractivity contribution < 1.29 is 15.3 Å². The summed E-state index contributed by atoms with van der Waals surface area (Å²) in [4.78, 5) is 0. The van der Waals surface area contributed by atoms with E-state index in [0.29, 0.717) is 17.7 Å². The van der Waals surface area contributed by atoms with E-state index in [1.165, 1.54) is 12.1 Å². The summed E-state index contributed by atoms with van der Waals surface area (Å²) >= 11 is 0. The maximum Gasteiger partial charge on any atom is 0.200 e. The quantitative estimate of drug-likeness (QED) is 0.470. The minimum Gasteiger partial charge on any atom is -0.504 e. The SMILES string of the molecule is Nc1ccc(Cc2cc(O)c(O)c(O)c2)cc1. The number of phenolic OH excluding ortho intramolecular Hbond substituents is 3. The topological polar surface area (TPSA) is 86.7 Å². The van der Waals surface area contributed by atoms with Crippen molar-refractivity contribution in [1.29, 1.82) is 0 Å². The molecular formula is C13H13NO3. The summed E-state index contributed by atoms with van der Waals surface area (Å²) in [6.45, 7) is 0. The lowest BCUT2D eigenvalue weighted by atomic mass is 10.0. The molecule has 0 unspecified atom stereocenters. The van der Waals surface area contributed by atoms with Crippen molar-refractivity contribution in [1.82, 2.24) is 0 Å². The van der Waals surface area contributed by atoms with Crippen LogP contribution >= 0.6 is 0 Å². The highest BCUT2D eigenvalue weighted by molar-refractivity contribution is 5.52. The summed E-state index contributed by atoms with van der Waals surface area (Å²) in [5, 5.41) is 28.0. The Balaban J connectivity index is 2.27. The molecule has 2 rings (SSSR count). The molecule has 0 radical (unpaired) electrons. The Kier molecular flexibility index (Phi) is 2.78. The van der Waals surface area contributed by atoms with Gasteiger partial charge in [-0.3, -0.25) is 0 Å². The molecule has 0 aromatic heterocycles. The smallest absolute Gasteiger partial charge is 0.200 e. The van der Waals surface area contributed by atoms with Crippen molar-refractivity contribution in [3.63, 3.8) is 0 Å². The van der Waals surface area contributed by atoms with Gasteiger partial charge < -0.3 is 21.1 Å². The molecule has 0 atom stereocenters. The number of nitrogens with two attached hydrogens (primary N) is 1. The molecule has 4 heteroatoms. The Morgan fingerprint density at radius 2 is 1.35 bits per heavy atom. The van der Waals surface area contributed by atoms with Gasteiger partial charge in [0.25, 0.3) is 0 Å². The Labute approximate surface area is 98.6 Å². The molecule has 0 spiro atoms. The van der Waals surface area contributed by atoms with Gasteiger partial charge in [-0.15, -0.1) is 0 Å². The average Bonchev–Trinajstić information content (AvgIpc) is 2.29. The van der Waals surface area contributed by atoms with Gasteiger partial charge in [-0.1, -0.05) is 12.1 Å². The number of benzene rings is 2. The lowest BCUT2D eigenvalue weighted by Crippen LogP contribution is -1.90. The van der Waals surface area contributed by atoms with Gasteiger partial charge in [-0.2, -0.15) is 0 Å². The van der Waals surface area contributed by atoms with Gasteiger partial charge >= 0.3 is 0 Å². The predicted molar refractivity (Wildman–Crippen MR) is 65.1 cm³/mol. The van der Waals surface area contributed by atoms with E-state index in [4.69, 9.17) is 5.73 Å². The van der Waals surface area contributed by atoms with Crippen LogP contribution in [0.25, 0.3) is 0 Å². The molecule has 0 aliphatic carbocycles. The van der Waals surface area contributed by atoms with Crippen LogP contribution < -0.4 is 5.73 Å². The van der Waals surface area contributed by atoms with Crippen LogP contribution in [0.4, 0.5) is 5.69 Å². The number of anilines is 1. The standard InChI is InChI=1S/C13H13NO3/c14-10-3-1-8(2-4-10)5-9-6-11(15)13(17)12(16)7-9/h1-4,6-7,15-17H,5,14H2. The second-order valence-corrected chi connectivity index (χ2v) is 3.90. The number of rotatable bonds is 2. The monoisotopic (exact) mass is 231 g/mol. The fraction of sp³-hybridized carbons (Fsp3) is 0.0769. The summed E-state index contributed by atoms with van der Waals surface area (Å²) in [5.74, 6) is -1.14. The molecule has 0 heterocycles. The molecule has 0 saturated heterocycles. The third kappa shape index (κ3) is 2.42. The molecule has 17 heavy (non-hydrogen) atoms. The van der Waals surface area contributed by atoms with Crippen LogP contribution in [0.1, 0.15) is 11.1 Å². The first-order chi connectivity index (χ1) is 8.06. The van der Waals surface area contributed by atoms with Gasteiger partial charge in [0.15, 0.2) is 17.2 Å². The van der Waals surface area contributed by atoms with Gasteiger partial charge in [-0.05, 0) is 41.8 Å². The Morgan fingerprint density at radius 1 is 0.824 bits per heavy atom. The molecule has 0 aliphatic heterocycles. The second kappa shape index (κ2) is 4.25. The molecule has 4 nitrogen and oxygen atoms in total. The maximum absolute atomic E-state index is 9.37. The van der Waals surface area contributed by atoms with E-state index < -0.39 is 5.75 Å². The van der Waals surface area contributed by atoms with E-state index in [0.717, 1.165) is 5.56 Å². The minimum absolute atomic E-state index is 0.324.